The van der Waals surface area contributed by atoms with Crippen molar-refractivity contribution in [1.82, 2.24) is 9.97 Å². The molecule has 4 heteroatoms. The molecule has 4 rings (SSSR count). The van der Waals surface area contributed by atoms with E-state index in [1.165, 1.54) is 0 Å². The van der Waals surface area contributed by atoms with E-state index in [9.17, 15) is 0 Å². The fraction of sp³-hybridized carbons (Fsp3) is 0.105. The number of aromatic nitrogens is 2. The number of aryl methyl sites for hydroxylation is 1. The number of hydrogen-bond acceptors (Lipinski definition) is 2. The van der Waals surface area contributed by atoms with Gasteiger partial charge in [-0.3, -0.25) is 0 Å². The number of nitrogens with one attached hydrogen (secondary N) is 1. The largest absolute Gasteiger partial charge is 0.490 e. The summed E-state index contributed by atoms with van der Waals surface area (Å²) in [6, 6.07) is 10.1. The smallest absolute Gasteiger partial charge is 0.120 e. The SMILES string of the molecule is C=CCOc1ccc2nc3c(C)c4cc[nH]c(Cl)c4cc3c2c1. The predicted octanol–water partition coefficient (Wildman–Crippen LogP) is 5.40. The minimum Gasteiger partial charge on any atom is -0.490 e. The summed E-state index contributed by atoms with van der Waals surface area (Å²) < 4.78 is 5.64. The van der Waals surface area contributed by atoms with Crippen LogP contribution in [0.3, 0.4) is 0 Å². The first-order chi connectivity index (χ1) is 11.2. The molecule has 0 aliphatic rings. The van der Waals surface area contributed by atoms with Gasteiger partial charge >= 0.3 is 0 Å². The van der Waals surface area contributed by atoms with E-state index in [-0.39, 0.29) is 0 Å². The van der Waals surface area contributed by atoms with Crippen molar-refractivity contribution in [2.75, 3.05) is 6.61 Å². The molecule has 0 radical (unpaired) electrons. The van der Waals surface area contributed by atoms with E-state index in [4.69, 9.17) is 21.3 Å². The molecule has 4 aromatic rings. The van der Waals surface area contributed by atoms with E-state index in [1.807, 2.05) is 30.5 Å². The van der Waals surface area contributed by atoms with Gasteiger partial charge in [0.1, 0.15) is 17.5 Å². The van der Waals surface area contributed by atoms with Crippen molar-refractivity contribution in [3.63, 3.8) is 0 Å². The summed E-state index contributed by atoms with van der Waals surface area (Å²) in [5, 5.41) is 4.93. The molecule has 0 amide bonds. The van der Waals surface area contributed by atoms with Crippen LogP contribution in [0.15, 0.2) is 49.2 Å². The van der Waals surface area contributed by atoms with Crippen molar-refractivity contribution in [1.29, 1.82) is 0 Å². The molecule has 0 bridgehead atoms. The van der Waals surface area contributed by atoms with E-state index in [2.05, 4.69) is 24.6 Å². The van der Waals surface area contributed by atoms with Crippen molar-refractivity contribution in [3.8, 4) is 5.75 Å². The van der Waals surface area contributed by atoms with Gasteiger partial charge in [-0.1, -0.05) is 24.3 Å². The van der Waals surface area contributed by atoms with E-state index in [0.717, 1.165) is 43.9 Å². The summed E-state index contributed by atoms with van der Waals surface area (Å²) in [6.45, 7) is 6.25. The van der Waals surface area contributed by atoms with E-state index < -0.39 is 0 Å². The molecule has 0 aliphatic heterocycles. The summed E-state index contributed by atoms with van der Waals surface area (Å²) in [5.74, 6) is 0.815. The molecular formula is C19H15ClN2O. The molecule has 2 heterocycles. The molecule has 0 atom stereocenters. The fourth-order valence-electron chi connectivity index (χ4n) is 3.04. The van der Waals surface area contributed by atoms with Crippen LogP contribution in [0, 0.1) is 6.92 Å². The highest BCUT2D eigenvalue weighted by Gasteiger charge is 2.13. The maximum absolute atomic E-state index is 6.34. The summed E-state index contributed by atoms with van der Waals surface area (Å²) in [7, 11) is 0. The summed E-state index contributed by atoms with van der Waals surface area (Å²) in [6.07, 6.45) is 3.59. The fourth-order valence-corrected chi connectivity index (χ4v) is 3.26. The lowest BCUT2D eigenvalue weighted by Crippen LogP contribution is -1.91. The van der Waals surface area contributed by atoms with Gasteiger partial charge < -0.3 is 9.72 Å². The van der Waals surface area contributed by atoms with Crippen molar-refractivity contribution in [2.24, 2.45) is 0 Å². The standard InChI is InChI=1S/C19H15ClN2O/c1-3-8-23-12-4-5-17-14(9-12)15-10-16-13(6-7-21-19(16)20)11(2)18(15)22-17/h3-7,9-10,21H,1,8H2,2H3. The second-order valence-electron chi connectivity index (χ2n) is 5.54. The van der Waals surface area contributed by atoms with E-state index >= 15 is 0 Å². The van der Waals surface area contributed by atoms with E-state index in [1.54, 1.807) is 6.08 Å². The number of benzene rings is 2. The molecule has 0 fully saturated rings. The van der Waals surface area contributed by atoms with Crippen LogP contribution in [0.4, 0.5) is 0 Å². The number of halogens is 1. The summed E-state index contributed by atoms with van der Waals surface area (Å²) >= 11 is 6.34. The highest BCUT2D eigenvalue weighted by Crippen LogP contribution is 2.36. The number of pyridine rings is 1. The first-order valence-electron chi connectivity index (χ1n) is 7.42. The number of ether oxygens (including phenoxy) is 1. The van der Waals surface area contributed by atoms with Crippen LogP contribution in [-0.4, -0.2) is 16.6 Å². The third-order valence-corrected chi connectivity index (χ3v) is 4.46. The van der Waals surface area contributed by atoms with Gasteiger partial charge in [-0.15, -0.1) is 0 Å². The molecule has 0 saturated heterocycles. The number of H-pyrrole nitrogens is 1. The van der Waals surface area contributed by atoms with Gasteiger partial charge in [0.2, 0.25) is 0 Å². The Morgan fingerprint density at radius 1 is 1.17 bits per heavy atom. The second kappa shape index (κ2) is 5.28. The number of fused-ring (bicyclic) bond motifs is 4. The number of aromatic amines is 1. The third kappa shape index (κ3) is 2.16. The van der Waals surface area contributed by atoms with Gasteiger partial charge in [0.15, 0.2) is 0 Å². The highest BCUT2D eigenvalue weighted by molar-refractivity contribution is 6.35. The topological polar surface area (TPSA) is 37.9 Å². The Kier molecular flexibility index (Phi) is 3.24. The Balaban J connectivity index is 2.07. The lowest BCUT2D eigenvalue weighted by molar-refractivity contribution is 0.364. The molecule has 0 spiro atoms. The number of hydrogen-bond donors (Lipinski definition) is 1. The molecule has 114 valence electrons. The Hall–Kier alpha value is -2.52. The quantitative estimate of drug-likeness (QED) is 0.405. The minimum atomic E-state index is 0.486. The van der Waals surface area contributed by atoms with Gasteiger partial charge in [0.05, 0.1) is 11.0 Å². The van der Waals surface area contributed by atoms with Crippen molar-refractivity contribution in [3.05, 3.63) is 59.9 Å². The molecule has 0 saturated carbocycles. The van der Waals surface area contributed by atoms with Crippen LogP contribution in [-0.2, 0) is 0 Å². The van der Waals surface area contributed by atoms with Gasteiger partial charge in [-0.2, -0.15) is 0 Å². The Morgan fingerprint density at radius 3 is 2.87 bits per heavy atom. The van der Waals surface area contributed by atoms with Crippen molar-refractivity contribution < 1.29 is 4.74 Å². The predicted molar refractivity (Wildman–Crippen MR) is 96.5 cm³/mol. The molecule has 1 N–H and O–H groups in total. The van der Waals surface area contributed by atoms with Crippen molar-refractivity contribution >= 4 is 44.2 Å². The Labute approximate surface area is 138 Å². The lowest BCUT2D eigenvalue weighted by atomic mass is 10.0. The van der Waals surface area contributed by atoms with Crippen molar-refractivity contribution in [2.45, 2.75) is 6.92 Å². The van der Waals surface area contributed by atoms with Crippen LogP contribution >= 0.6 is 11.6 Å². The molecule has 23 heavy (non-hydrogen) atoms. The maximum Gasteiger partial charge on any atom is 0.120 e. The van der Waals surface area contributed by atoms with Gasteiger partial charge in [-0.05, 0) is 48.2 Å². The normalized spacial score (nSPS) is 11.4. The zero-order valence-corrected chi connectivity index (χ0v) is 13.4. The van der Waals surface area contributed by atoms with Gasteiger partial charge in [0.25, 0.3) is 0 Å². The lowest BCUT2D eigenvalue weighted by Gasteiger charge is -2.06. The molecule has 0 unspecified atom stereocenters. The molecule has 2 aromatic heterocycles. The van der Waals surface area contributed by atoms with Gasteiger partial charge in [0, 0.05) is 22.4 Å². The van der Waals surface area contributed by atoms with Crippen LogP contribution in [0.5, 0.6) is 5.75 Å². The molecular weight excluding hydrogens is 308 g/mol. The van der Waals surface area contributed by atoms with E-state index in [0.29, 0.717) is 11.8 Å². The Bertz CT molecular complexity index is 1070. The number of nitrogens with zero attached hydrogens (tertiary/aromatic N) is 1. The second-order valence-corrected chi connectivity index (χ2v) is 5.92. The van der Waals surface area contributed by atoms with Crippen LogP contribution in [0.2, 0.25) is 5.15 Å². The molecule has 2 aromatic carbocycles. The first kappa shape index (κ1) is 14.1. The summed E-state index contributed by atoms with van der Waals surface area (Å²) in [5.41, 5.74) is 3.11. The molecule has 3 nitrogen and oxygen atoms in total. The summed E-state index contributed by atoms with van der Waals surface area (Å²) in [4.78, 5) is 7.84. The Morgan fingerprint density at radius 2 is 2.04 bits per heavy atom. The first-order valence-corrected chi connectivity index (χ1v) is 7.80. The average molecular weight is 323 g/mol. The average Bonchev–Trinajstić information content (AvgIpc) is 2.93. The third-order valence-electron chi connectivity index (χ3n) is 4.15. The van der Waals surface area contributed by atoms with Gasteiger partial charge in [-0.25, -0.2) is 4.98 Å². The molecule has 0 aliphatic carbocycles. The monoisotopic (exact) mass is 322 g/mol. The maximum atomic E-state index is 6.34. The van der Waals surface area contributed by atoms with Crippen LogP contribution in [0.25, 0.3) is 32.6 Å². The zero-order valence-electron chi connectivity index (χ0n) is 12.7. The minimum absolute atomic E-state index is 0.486. The zero-order chi connectivity index (χ0) is 16.0. The van der Waals surface area contributed by atoms with Crippen LogP contribution in [0.1, 0.15) is 5.56 Å². The highest BCUT2D eigenvalue weighted by atomic mass is 35.5. The van der Waals surface area contributed by atoms with Crippen LogP contribution < -0.4 is 4.74 Å². The number of rotatable bonds is 3.